The molecule has 1 N–H and O–H groups in total. The number of hydrogen-bond donors (Lipinski definition) is 1. The quantitative estimate of drug-likeness (QED) is 0.759. The van der Waals surface area contributed by atoms with Gasteiger partial charge in [0, 0.05) is 25.6 Å². The minimum Gasteiger partial charge on any atom is -0.383 e. The van der Waals surface area contributed by atoms with Crippen molar-refractivity contribution in [1.29, 1.82) is 0 Å². The fraction of sp³-hybridized carbons (Fsp3) is 0.769. The molecule has 4 heteroatoms. The molecule has 17 heavy (non-hydrogen) atoms. The molecule has 0 saturated heterocycles. The Hall–Kier alpha value is -0.450. The molecule has 0 bridgehead atoms. The van der Waals surface area contributed by atoms with Crippen molar-refractivity contribution in [3.63, 3.8) is 0 Å². The molecule has 96 valence electrons. The molecule has 0 aromatic carbocycles. The lowest BCUT2D eigenvalue weighted by Crippen LogP contribution is -2.42. The van der Waals surface area contributed by atoms with Crippen LogP contribution >= 0.6 is 11.3 Å². The Bertz CT molecular complexity index is 347. The average molecular weight is 254 g/mol. The van der Waals surface area contributed by atoms with Gasteiger partial charge in [-0.25, -0.2) is 4.98 Å². The van der Waals surface area contributed by atoms with Crippen molar-refractivity contribution in [1.82, 2.24) is 10.3 Å². The summed E-state index contributed by atoms with van der Waals surface area (Å²) < 4.78 is 5.06. The zero-order chi connectivity index (χ0) is 12.1. The molecule has 0 atom stereocenters. The summed E-state index contributed by atoms with van der Waals surface area (Å²) in [7, 11) is 1.75. The number of aryl methyl sites for hydroxylation is 1. The van der Waals surface area contributed by atoms with Crippen molar-refractivity contribution in [3.8, 4) is 0 Å². The Labute approximate surface area is 108 Å². The highest BCUT2D eigenvalue weighted by atomic mass is 32.1. The fourth-order valence-corrected chi connectivity index (χ4v) is 3.11. The Morgan fingerprint density at radius 1 is 1.53 bits per heavy atom. The van der Waals surface area contributed by atoms with E-state index in [0.717, 1.165) is 26.1 Å². The van der Waals surface area contributed by atoms with Crippen LogP contribution in [0.5, 0.6) is 0 Å². The van der Waals surface area contributed by atoms with Crippen LogP contribution in [0.3, 0.4) is 0 Å². The minimum absolute atomic E-state index is 0.467. The second kappa shape index (κ2) is 5.94. The summed E-state index contributed by atoms with van der Waals surface area (Å²) in [5.41, 5.74) is 1.74. The van der Waals surface area contributed by atoms with Crippen LogP contribution in [0.2, 0.25) is 0 Å². The molecule has 1 aliphatic rings. The van der Waals surface area contributed by atoms with Gasteiger partial charge >= 0.3 is 0 Å². The van der Waals surface area contributed by atoms with Crippen LogP contribution in [0.4, 0.5) is 0 Å². The molecule has 1 saturated carbocycles. The van der Waals surface area contributed by atoms with E-state index in [0.29, 0.717) is 5.41 Å². The molecule has 0 spiro atoms. The minimum atomic E-state index is 0.467. The second-order valence-corrected chi connectivity index (χ2v) is 6.12. The van der Waals surface area contributed by atoms with E-state index in [2.05, 4.69) is 22.6 Å². The highest BCUT2D eigenvalue weighted by Crippen LogP contribution is 2.43. The van der Waals surface area contributed by atoms with Crippen LogP contribution in [-0.2, 0) is 11.2 Å². The summed E-state index contributed by atoms with van der Waals surface area (Å²) in [5, 5.41) is 6.90. The predicted molar refractivity (Wildman–Crippen MR) is 71.6 cm³/mol. The van der Waals surface area contributed by atoms with Crippen LogP contribution in [0.15, 0.2) is 5.38 Å². The maximum atomic E-state index is 5.06. The van der Waals surface area contributed by atoms with Gasteiger partial charge in [-0.2, -0.15) is 0 Å². The lowest BCUT2D eigenvalue weighted by molar-refractivity contribution is 0.122. The summed E-state index contributed by atoms with van der Waals surface area (Å²) in [6.07, 6.45) is 5.18. The van der Waals surface area contributed by atoms with Crippen molar-refractivity contribution in [2.45, 2.75) is 32.6 Å². The molecular weight excluding hydrogens is 232 g/mol. The first kappa shape index (κ1) is 13.0. The zero-order valence-electron chi connectivity index (χ0n) is 10.8. The van der Waals surface area contributed by atoms with Crippen LogP contribution < -0.4 is 5.32 Å². The van der Waals surface area contributed by atoms with Crippen LogP contribution in [-0.4, -0.2) is 31.8 Å². The van der Waals surface area contributed by atoms with Crippen molar-refractivity contribution in [2.24, 2.45) is 5.41 Å². The molecule has 1 aliphatic carbocycles. The monoisotopic (exact) mass is 254 g/mol. The third-order valence-corrected chi connectivity index (χ3v) is 4.44. The summed E-state index contributed by atoms with van der Waals surface area (Å²) in [6, 6.07) is 0. The molecule has 3 nitrogen and oxygen atoms in total. The van der Waals surface area contributed by atoms with Gasteiger partial charge in [0.05, 0.1) is 17.3 Å². The maximum Gasteiger partial charge on any atom is 0.0897 e. The highest BCUT2D eigenvalue weighted by molar-refractivity contribution is 7.09. The van der Waals surface area contributed by atoms with Gasteiger partial charge < -0.3 is 10.1 Å². The largest absolute Gasteiger partial charge is 0.383 e. The van der Waals surface area contributed by atoms with E-state index < -0.39 is 0 Å². The molecule has 1 heterocycles. The number of nitrogens with zero attached hydrogens (tertiary/aromatic N) is 1. The van der Waals surface area contributed by atoms with E-state index in [1.165, 1.54) is 30.0 Å². The fourth-order valence-electron chi connectivity index (χ4n) is 2.49. The summed E-state index contributed by atoms with van der Waals surface area (Å²) >= 11 is 1.76. The highest BCUT2D eigenvalue weighted by Gasteiger charge is 2.37. The number of nitrogens with one attached hydrogen (secondary N) is 1. The van der Waals surface area contributed by atoms with Crippen LogP contribution in [0.25, 0.3) is 0 Å². The van der Waals surface area contributed by atoms with Crippen molar-refractivity contribution in [3.05, 3.63) is 16.1 Å². The van der Waals surface area contributed by atoms with E-state index in [1.807, 2.05) is 0 Å². The van der Waals surface area contributed by atoms with Crippen molar-refractivity contribution in [2.75, 3.05) is 26.8 Å². The van der Waals surface area contributed by atoms with Gasteiger partial charge in [0.1, 0.15) is 0 Å². The average Bonchev–Trinajstić information content (AvgIpc) is 2.66. The van der Waals surface area contributed by atoms with Crippen molar-refractivity contribution < 1.29 is 4.74 Å². The maximum absolute atomic E-state index is 5.06. The molecule has 1 fully saturated rings. The van der Waals surface area contributed by atoms with E-state index in [9.17, 15) is 0 Å². The molecule has 0 radical (unpaired) electrons. The zero-order valence-corrected chi connectivity index (χ0v) is 11.6. The Kier molecular flexibility index (Phi) is 4.54. The van der Waals surface area contributed by atoms with E-state index >= 15 is 0 Å². The third kappa shape index (κ3) is 3.50. The molecule has 0 amide bonds. The van der Waals surface area contributed by atoms with Gasteiger partial charge in [0.25, 0.3) is 0 Å². The van der Waals surface area contributed by atoms with Gasteiger partial charge in [-0.3, -0.25) is 0 Å². The first-order valence-corrected chi connectivity index (χ1v) is 7.23. The summed E-state index contributed by atoms with van der Waals surface area (Å²) in [4.78, 5) is 4.59. The van der Waals surface area contributed by atoms with Gasteiger partial charge in [0.2, 0.25) is 0 Å². The van der Waals surface area contributed by atoms with Crippen LogP contribution in [0.1, 0.15) is 30.0 Å². The SMILES string of the molecule is COCCNCC1(Cc2csc(C)n2)CCC1. The van der Waals surface area contributed by atoms with E-state index in [1.54, 1.807) is 18.4 Å². The summed E-state index contributed by atoms with van der Waals surface area (Å²) in [5.74, 6) is 0. The molecule has 0 unspecified atom stereocenters. The molecular formula is C13H22N2OS. The lowest BCUT2D eigenvalue weighted by Gasteiger charge is -2.42. The Morgan fingerprint density at radius 2 is 2.35 bits per heavy atom. The predicted octanol–water partition coefficient (Wildman–Crippen LogP) is 2.40. The smallest absolute Gasteiger partial charge is 0.0897 e. The van der Waals surface area contributed by atoms with Gasteiger partial charge in [-0.15, -0.1) is 11.3 Å². The number of aromatic nitrogens is 1. The molecule has 1 aromatic heterocycles. The van der Waals surface area contributed by atoms with Gasteiger partial charge in [0.15, 0.2) is 0 Å². The number of methoxy groups -OCH3 is 1. The first-order chi connectivity index (χ1) is 8.24. The topological polar surface area (TPSA) is 34.1 Å². The normalized spacial score (nSPS) is 18.0. The lowest BCUT2D eigenvalue weighted by atomic mass is 9.66. The Morgan fingerprint density at radius 3 is 2.88 bits per heavy atom. The molecule has 0 aliphatic heterocycles. The second-order valence-electron chi connectivity index (χ2n) is 5.06. The van der Waals surface area contributed by atoms with Gasteiger partial charge in [-0.1, -0.05) is 6.42 Å². The van der Waals surface area contributed by atoms with E-state index in [-0.39, 0.29) is 0 Å². The first-order valence-electron chi connectivity index (χ1n) is 6.35. The van der Waals surface area contributed by atoms with Gasteiger partial charge in [-0.05, 0) is 31.6 Å². The standard InChI is InChI=1S/C13H22N2OS/c1-11-15-12(9-17-11)8-13(4-3-5-13)10-14-6-7-16-2/h9,14H,3-8,10H2,1-2H3. The molecule has 2 rings (SSSR count). The number of hydrogen-bond acceptors (Lipinski definition) is 4. The molecule has 1 aromatic rings. The third-order valence-electron chi connectivity index (χ3n) is 3.62. The number of thiazole rings is 1. The Balaban J connectivity index is 1.82. The number of ether oxygens (including phenoxy) is 1. The summed E-state index contributed by atoms with van der Waals surface area (Å²) in [6.45, 7) is 4.94. The van der Waals surface area contributed by atoms with Crippen LogP contribution in [0, 0.1) is 12.3 Å². The van der Waals surface area contributed by atoms with Crippen molar-refractivity contribution >= 4 is 11.3 Å². The van der Waals surface area contributed by atoms with E-state index in [4.69, 9.17) is 4.74 Å². The number of rotatable bonds is 7.